The number of halogens is 1. The molecule has 2 rings (SSSR count). The molecule has 0 radical (unpaired) electrons. The number of guanidine groups is 1. The predicted octanol–water partition coefficient (Wildman–Crippen LogP) is 3.43. The number of rotatable bonds is 9. The second-order valence-electron chi connectivity index (χ2n) is 6.47. The van der Waals surface area contributed by atoms with E-state index in [4.69, 9.17) is 9.26 Å². The van der Waals surface area contributed by atoms with E-state index in [2.05, 4.69) is 20.8 Å². The molecule has 0 bridgehead atoms. The van der Waals surface area contributed by atoms with Crippen molar-refractivity contribution in [2.24, 2.45) is 4.99 Å². The molecule has 0 aliphatic carbocycles. The molecule has 1 aromatic carbocycles. The summed E-state index contributed by atoms with van der Waals surface area (Å²) >= 11 is 0. The lowest BCUT2D eigenvalue weighted by atomic mass is 10.1. The van der Waals surface area contributed by atoms with Crippen LogP contribution in [0.3, 0.4) is 0 Å². The molecule has 0 aliphatic heterocycles. The zero-order chi connectivity index (χ0) is 19.6. The molecule has 156 valence electrons. The van der Waals surface area contributed by atoms with Crippen molar-refractivity contribution in [3.05, 3.63) is 47.3 Å². The zero-order valence-corrected chi connectivity index (χ0v) is 19.3. The van der Waals surface area contributed by atoms with Crippen LogP contribution in [0.15, 0.2) is 39.8 Å². The van der Waals surface area contributed by atoms with Gasteiger partial charge in [0, 0.05) is 19.2 Å². The van der Waals surface area contributed by atoms with E-state index < -0.39 is 6.10 Å². The van der Waals surface area contributed by atoms with Gasteiger partial charge in [0.15, 0.2) is 11.7 Å². The highest BCUT2D eigenvalue weighted by molar-refractivity contribution is 14.0. The molecular formula is C20H31IN4O3. The molecule has 1 unspecified atom stereocenters. The maximum Gasteiger partial charge on any atom is 0.191 e. The lowest BCUT2D eigenvalue weighted by Gasteiger charge is -2.16. The summed E-state index contributed by atoms with van der Waals surface area (Å²) in [5.41, 5.74) is 1.73. The number of nitrogens with zero attached hydrogens (tertiary/aromatic N) is 2. The van der Waals surface area contributed by atoms with Crippen LogP contribution in [0, 0.1) is 0 Å². The molecule has 1 heterocycles. The average molecular weight is 502 g/mol. The Morgan fingerprint density at radius 2 is 1.93 bits per heavy atom. The third-order valence-corrected chi connectivity index (χ3v) is 3.81. The lowest BCUT2D eigenvalue weighted by molar-refractivity contribution is 0.180. The second-order valence-corrected chi connectivity index (χ2v) is 6.47. The van der Waals surface area contributed by atoms with Gasteiger partial charge in [-0.3, -0.25) is 0 Å². The molecule has 1 aromatic heterocycles. The number of benzene rings is 1. The highest BCUT2D eigenvalue weighted by Crippen LogP contribution is 2.18. The third-order valence-electron chi connectivity index (χ3n) is 3.81. The van der Waals surface area contributed by atoms with Crippen LogP contribution in [-0.4, -0.2) is 35.4 Å². The Morgan fingerprint density at radius 1 is 1.21 bits per heavy atom. The van der Waals surface area contributed by atoms with Gasteiger partial charge in [0.05, 0.1) is 17.9 Å². The highest BCUT2D eigenvalue weighted by atomic mass is 127. The molecule has 3 N–H and O–H groups in total. The minimum absolute atomic E-state index is 0. The molecule has 0 saturated carbocycles. The summed E-state index contributed by atoms with van der Waals surface area (Å²) in [6.07, 6.45) is 0.302. The molecule has 28 heavy (non-hydrogen) atoms. The fourth-order valence-corrected chi connectivity index (χ4v) is 2.45. The molecule has 0 fully saturated rings. The number of aliphatic imine (C=N–C) groups is 1. The van der Waals surface area contributed by atoms with Crippen LogP contribution in [-0.2, 0) is 13.0 Å². The summed E-state index contributed by atoms with van der Waals surface area (Å²) in [5.74, 6) is 2.12. The van der Waals surface area contributed by atoms with E-state index in [1.807, 2.05) is 58.0 Å². The van der Waals surface area contributed by atoms with Crippen molar-refractivity contribution in [3.63, 3.8) is 0 Å². The maximum atomic E-state index is 10.4. The zero-order valence-electron chi connectivity index (χ0n) is 16.9. The smallest absolute Gasteiger partial charge is 0.191 e. The summed E-state index contributed by atoms with van der Waals surface area (Å²) < 4.78 is 10.9. The topological polar surface area (TPSA) is 91.9 Å². The van der Waals surface area contributed by atoms with Crippen LogP contribution in [0.25, 0.3) is 0 Å². The Kier molecular flexibility index (Phi) is 10.9. The van der Waals surface area contributed by atoms with Crippen LogP contribution >= 0.6 is 24.0 Å². The quantitative estimate of drug-likeness (QED) is 0.277. The predicted molar refractivity (Wildman–Crippen MR) is 121 cm³/mol. The van der Waals surface area contributed by atoms with Gasteiger partial charge in [-0.2, -0.15) is 0 Å². The van der Waals surface area contributed by atoms with Crippen LogP contribution in [0.1, 0.15) is 50.8 Å². The van der Waals surface area contributed by atoms with Gasteiger partial charge in [0.1, 0.15) is 12.3 Å². The van der Waals surface area contributed by atoms with Gasteiger partial charge in [-0.1, -0.05) is 24.2 Å². The van der Waals surface area contributed by atoms with Crippen molar-refractivity contribution in [3.8, 4) is 5.75 Å². The summed E-state index contributed by atoms with van der Waals surface area (Å²) in [7, 11) is 0. The van der Waals surface area contributed by atoms with Crippen molar-refractivity contribution in [2.75, 3.05) is 13.1 Å². The second kappa shape index (κ2) is 12.6. The summed E-state index contributed by atoms with van der Waals surface area (Å²) in [5, 5.41) is 20.7. The first-order valence-electron chi connectivity index (χ1n) is 9.43. The van der Waals surface area contributed by atoms with E-state index in [1.165, 1.54) is 0 Å². The van der Waals surface area contributed by atoms with Crippen molar-refractivity contribution in [1.29, 1.82) is 0 Å². The largest absolute Gasteiger partial charge is 0.491 e. The number of aliphatic hydroxyl groups excluding tert-OH is 1. The van der Waals surface area contributed by atoms with Gasteiger partial charge in [-0.05, 0) is 44.9 Å². The number of aliphatic hydroxyl groups is 1. The monoisotopic (exact) mass is 502 g/mol. The Bertz CT molecular complexity index is 716. The number of aryl methyl sites for hydroxylation is 1. The first kappa shape index (κ1) is 24.2. The van der Waals surface area contributed by atoms with Gasteiger partial charge in [-0.25, -0.2) is 4.99 Å². The maximum absolute atomic E-state index is 10.4. The lowest BCUT2D eigenvalue weighted by Crippen LogP contribution is -2.39. The van der Waals surface area contributed by atoms with E-state index in [0.29, 0.717) is 24.8 Å². The fourth-order valence-electron chi connectivity index (χ4n) is 2.45. The standard InChI is InChI=1S/C20H30N4O3.HI/c1-5-16-11-18(27-24-16)12-22-20(21-6-2)23-13-19(25)15-7-9-17(10-8-15)26-14(3)4;/h7-11,14,19,25H,5-6,12-13H2,1-4H3,(H2,21,22,23);1H. The highest BCUT2D eigenvalue weighted by Gasteiger charge is 2.10. The van der Waals surface area contributed by atoms with Gasteiger partial charge in [-0.15, -0.1) is 24.0 Å². The minimum Gasteiger partial charge on any atom is -0.491 e. The summed E-state index contributed by atoms with van der Waals surface area (Å²) in [4.78, 5) is 4.47. The first-order valence-corrected chi connectivity index (χ1v) is 9.43. The van der Waals surface area contributed by atoms with E-state index in [-0.39, 0.29) is 30.1 Å². The van der Waals surface area contributed by atoms with E-state index in [9.17, 15) is 5.11 Å². The summed E-state index contributed by atoms with van der Waals surface area (Å²) in [6.45, 7) is 9.43. The molecule has 0 aliphatic rings. The van der Waals surface area contributed by atoms with Gasteiger partial charge in [0.25, 0.3) is 0 Å². The van der Waals surface area contributed by atoms with Gasteiger partial charge in [0.2, 0.25) is 0 Å². The number of hydrogen-bond acceptors (Lipinski definition) is 5. The number of aromatic nitrogens is 1. The molecule has 8 heteroatoms. The SMILES string of the molecule is CCNC(=NCc1cc(CC)no1)NCC(O)c1ccc(OC(C)C)cc1.I. The summed E-state index contributed by atoms with van der Waals surface area (Å²) in [6, 6.07) is 9.38. The van der Waals surface area contributed by atoms with E-state index >= 15 is 0 Å². The van der Waals surface area contributed by atoms with Crippen molar-refractivity contribution >= 4 is 29.9 Å². The Balaban J connectivity index is 0.00000392. The van der Waals surface area contributed by atoms with Gasteiger partial charge >= 0.3 is 0 Å². The number of ether oxygens (including phenoxy) is 1. The number of hydrogen-bond donors (Lipinski definition) is 3. The molecule has 0 saturated heterocycles. The van der Waals surface area contributed by atoms with Crippen LogP contribution < -0.4 is 15.4 Å². The molecular weight excluding hydrogens is 471 g/mol. The molecule has 0 amide bonds. The van der Waals surface area contributed by atoms with Gasteiger partial charge < -0.3 is 25.0 Å². The minimum atomic E-state index is -0.654. The van der Waals surface area contributed by atoms with Crippen molar-refractivity contribution < 1.29 is 14.4 Å². The van der Waals surface area contributed by atoms with Crippen molar-refractivity contribution in [2.45, 2.75) is 52.9 Å². The van der Waals surface area contributed by atoms with Crippen LogP contribution in [0.2, 0.25) is 0 Å². The Hall–Kier alpha value is -1.81. The molecule has 7 nitrogen and oxygen atoms in total. The molecule has 0 spiro atoms. The fraction of sp³-hybridized carbons (Fsp3) is 0.500. The molecule has 2 aromatic rings. The Labute approximate surface area is 184 Å². The van der Waals surface area contributed by atoms with E-state index in [0.717, 1.165) is 30.0 Å². The number of nitrogens with one attached hydrogen (secondary N) is 2. The van der Waals surface area contributed by atoms with Crippen LogP contribution in [0.5, 0.6) is 5.75 Å². The average Bonchev–Trinajstić information content (AvgIpc) is 3.12. The first-order chi connectivity index (χ1) is 13.0. The van der Waals surface area contributed by atoms with E-state index in [1.54, 1.807) is 0 Å². The Morgan fingerprint density at radius 3 is 2.50 bits per heavy atom. The third kappa shape index (κ3) is 8.05. The van der Waals surface area contributed by atoms with Crippen LogP contribution in [0.4, 0.5) is 0 Å². The normalized spacial score (nSPS) is 12.4. The molecule has 1 atom stereocenters. The van der Waals surface area contributed by atoms with Crippen molar-refractivity contribution in [1.82, 2.24) is 15.8 Å².